The third-order valence-electron chi connectivity index (χ3n) is 7.22. The predicted octanol–water partition coefficient (Wildman–Crippen LogP) is 5.17. The van der Waals surface area contributed by atoms with Gasteiger partial charge in [-0.25, -0.2) is 19.6 Å². The molecule has 1 saturated carbocycles. The Labute approximate surface area is 217 Å². The zero-order valence-electron chi connectivity index (χ0n) is 20.6. The van der Waals surface area contributed by atoms with E-state index in [-0.39, 0.29) is 11.6 Å². The number of nitrogens with zero attached hydrogens (tertiary/aromatic N) is 6. The summed E-state index contributed by atoms with van der Waals surface area (Å²) in [7, 11) is 1.62. The molecule has 0 saturated heterocycles. The first kappa shape index (κ1) is 23.4. The van der Waals surface area contributed by atoms with Gasteiger partial charge in [0.15, 0.2) is 5.65 Å². The molecule has 2 aromatic carbocycles. The lowest BCUT2D eigenvalue weighted by molar-refractivity contribution is 0.415. The minimum Gasteiger partial charge on any atom is -0.497 e. The Kier molecular flexibility index (Phi) is 5.79. The van der Waals surface area contributed by atoms with Gasteiger partial charge in [0.25, 0.3) is 5.56 Å². The maximum Gasteiger partial charge on any atom is 0.261 e. The van der Waals surface area contributed by atoms with Crippen LogP contribution in [0.5, 0.6) is 5.75 Å². The highest BCUT2D eigenvalue weighted by molar-refractivity contribution is 6.35. The Morgan fingerprint density at radius 3 is 2.59 bits per heavy atom. The number of anilines is 1. The molecular formula is C27H26ClN7O2. The minimum absolute atomic E-state index is 0.0726. The molecule has 1 unspecified atom stereocenters. The van der Waals surface area contributed by atoms with Crippen molar-refractivity contribution in [1.29, 1.82) is 0 Å². The summed E-state index contributed by atoms with van der Waals surface area (Å²) < 4.78 is 8.94. The summed E-state index contributed by atoms with van der Waals surface area (Å²) in [6, 6.07) is 12.6. The van der Waals surface area contributed by atoms with Crippen LogP contribution in [-0.4, -0.2) is 36.4 Å². The second kappa shape index (κ2) is 9.15. The number of methoxy groups -OCH3 is 1. The third-order valence-corrected chi connectivity index (χ3v) is 7.53. The van der Waals surface area contributed by atoms with E-state index in [1.165, 1.54) is 6.33 Å². The normalized spacial score (nSPS) is 15.0. The number of fused-ring (bicyclic) bond motifs is 2. The van der Waals surface area contributed by atoms with Crippen molar-refractivity contribution in [2.75, 3.05) is 12.8 Å². The van der Waals surface area contributed by atoms with Crippen molar-refractivity contribution in [2.24, 2.45) is 0 Å². The van der Waals surface area contributed by atoms with Crippen LogP contribution in [0.4, 0.5) is 5.82 Å². The van der Waals surface area contributed by atoms with Crippen LogP contribution in [0.15, 0.2) is 53.6 Å². The Morgan fingerprint density at radius 2 is 1.86 bits per heavy atom. The molecule has 3 aromatic heterocycles. The number of hydrogen-bond acceptors (Lipinski definition) is 7. The van der Waals surface area contributed by atoms with Crippen molar-refractivity contribution in [3.8, 4) is 17.0 Å². The fourth-order valence-corrected chi connectivity index (χ4v) is 5.56. The maximum absolute atomic E-state index is 13.8. The Bertz CT molecular complexity index is 1690. The van der Waals surface area contributed by atoms with Crippen molar-refractivity contribution in [3.63, 3.8) is 0 Å². The van der Waals surface area contributed by atoms with E-state index in [2.05, 4.69) is 9.97 Å². The summed E-state index contributed by atoms with van der Waals surface area (Å²) in [4.78, 5) is 27.5. The molecule has 0 spiro atoms. The van der Waals surface area contributed by atoms with Gasteiger partial charge in [0.2, 0.25) is 0 Å². The Morgan fingerprint density at radius 1 is 1.11 bits per heavy atom. The van der Waals surface area contributed by atoms with Crippen LogP contribution in [-0.2, 0) is 0 Å². The van der Waals surface area contributed by atoms with Gasteiger partial charge in [-0.15, -0.1) is 0 Å². The molecule has 1 fully saturated rings. The number of ether oxygens (including phenoxy) is 1. The summed E-state index contributed by atoms with van der Waals surface area (Å²) in [6.07, 6.45) is 5.44. The van der Waals surface area contributed by atoms with Crippen molar-refractivity contribution < 1.29 is 4.74 Å². The first-order chi connectivity index (χ1) is 18.0. The van der Waals surface area contributed by atoms with Crippen LogP contribution in [0.3, 0.4) is 0 Å². The van der Waals surface area contributed by atoms with E-state index in [9.17, 15) is 4.79 Å². The molecule has 0 bridgehead atoms. The number of para-hydroxylation sites is 1. The summed E-state index contributed by atoms with van der Waals surface area (Å²) in [5.41, 5.74) is 8.81. The van der Waals surface area contributed by atoms with Gasteiger partial charge in [0.05, 0.1) is 28.4 Å². The fourth-order valence-electron chi connectivity index (χ4n) is 5.34. The second-order valence-electron chi connectivity index (χ2n) is 9.37. The van der Waals surface area contributed by atoms with Gasteiger partial charge in [-0.05, 0) is 56.2 Å². The van der Waals surface area contributed by atoms with Gasteiger partial charge in [-0.2, -0.15) is 5.10 Å². The first-order valence-corrected chi connectivity index (χ1v) is 12.7. The zero-order chi connectivity index (χ0) is 25.7. The highest BCUT2D eigenvalue weighted by Crippen LogP contribution is 2.36. The van der Waals surface area contributed by atoms with Gasteiger partial charge in [0.1, 0.15) is 35.5 Å². The van der Waals surface area contributed by atoms with E-state index in [0.29, 0.717) is 44.3 Å². The minimum atomic E-state index is -0.433. The average molecular weight is 516 g/mol. The molecule has 1 atom stereocenters. The van der Waals surface area contributed by atoms with Gasteiger partial charge >= 0.3 is 0 Å². The van der Waals surface area contributed by atoms with Gasteiger partial charge in [-0.3, -0.25) is 9.36 Å². The number of aromatic nitrogens is 6. The second-order valence-corrected chi connectivity index (χ2v) is 9.78. The lowest BCUT2D eigenvalue weighted by atomic mass is 10.1. The molecule has 2 N–H and O–H groups in total. The standard InChI is InChI=1S/C27H26ClN7O2/c1-15(25-32-23-19(8-5-9-20(23)28)27(36)34(25)17-6-3-4-7-17)35-26-21(24(29)30-14-31-26)22(33-35)16-10-12-18(37-2)13-11-16/h5,8-15,17H,3-4,6-7H2,1-2H3,(H2,29,30,31). The fraction of sp³-hybridized carbons (Fsp3) is 0.296. The smallest absolute Gasteiger partial charge is 0.261 e. The van der Waals surface area contributed by atoms with E-state index >= 15 is 0 Å². The number of hydrogen-bond donors (Lipinski definition) is 1. The molecule has 1 aliphatic carbocycles. The van der Waals surface area contributed by atoms with E-state index in [4.69, 9.17) is 32.2 Å². The van der Waals surface area contributed by atoms with E-state index < -0.39 is 6.04 Å². The summed E-state index contributed by atoms with van der Waals surface area (Å²) >= 11 is 6.51. The number of nitrogen functional groups attached to an aromatic ring is 1. The molecule has 0 amide bonds. The van der Waals surface area contributed by atoms with E-state index in [1.54, 1.807) is 30.0 Å². The number of nitrogens with two attached hydrogens (primary N) is 1. The predicted molar refractivity (Wildman–Crippen MR) is 144 cm³/mol. The van der Waals surface area contributed by atoms with Crippen molar-refractivity contribution in [2.45, 2.75) is 44.7 Å². The molecule has 0 radical (unpaired) electrons. The Hall–Kier alpha value is -3.98. The molecule has 6 rings (SSSR count). The third kappa shape index (κ3) is 3.81. The number of rotatable bonds is 5. The van der Waals surface area contributed by atoms with Crippen molar-refractivity contribution >= 4 is 39.4 Å². The van der Waals surface area contributed by atoms with E-state index in [1.807, 2.05) is 35.8 Å². The number of benzene rings is 2. The summed E-state index contributed by atoms with van der Waals surface area (Å²) in [5.74, 6) is 1.67. The zero-order valence-corrected chi connectivity index (χ0v) is 21.3. The van der Waals surface area contributed by atoms with Crippen LogP contribution in [0, 0.1) is 0 Å². The lowest BCUT2D eigenvalue weighted by Gasteiger charge is -2.23. The van der Waals surface area contributed by atoms with Gasteiger partial charge in [-0.1, -0.05) is 30.5 Å². The SMILES string of the molecule is COc1ccc(-c2nn(C(C)c3nc4c(Cl)cccc4c(=O)n3C3CCCC3)c3ncnc(N)c23)cc1. The highest BCUT2D eigenvalue weighted by Gasteiger charge is 2.29. The lowest BCUT2D eigenvalue weighted by Crippen LogP contribution is -2.31. The molecular weight excluding hydrogens is 490 g/mol. The van der Waals surface area contributed by atoms with Crippen LogP contribution in [0.2, 0.25) is 5.02 Å². The molecule has 3 heterocycles. The topological polar surface area (TPSA) is 114 Å². The summed E-state index contributed by atoms with van der Waals surface area (Å²) in [5, 5.41) is 6.57. The monoisotopic (exact) mass is 515 g/mol. The van der Waals surface area contributed by atoms with Crippen molar-refractivity contribution in [1.82, 2.24) is 29.3 Å². The van der Waals surface area contributed by atoms with Crippen LogP contribution in [0.25, 0.3) is 33.2 Å². The van der Waals surface area contributed by atoms with Crippen LogP contribution < -0.4 is 16.0 Å². The van der Waals surface area contributed by atoms with Gasteiger partial charge in [0, 0.05) is 11.6 Å². The Balaban J connectivity index is 1.60. The van der Waals surface area contributed by atoms with Gasteiger partial charge < -0.3 is 10.5 Å². The molecule has 188 valence electrons. The number of halogens is 1. The first-order valence-electron chi connectivity index (χ1n) is 12.3. The molecule has 0 aliphatic heterocycles. The highest BCUT2D eigenvalue weighted by atomic mass is 35.5. The average Bonchev–Trinajstić information content (AvgIpc) is 3.58. The van der Waals surface area contributed by atoms with Crippen molar-refractivity contribution in [3.05, 3.63) is 70.0 Å². The van der Waals surface area contributed by atoms with Crippen LogP contribution >= 0.6 is 11.6 Å². The molecule has 10 heteroatoms. The van der Waals surface area contributed by atoms with E-state index in [0.717, 1.165) is 37.0 Å². The molecule has 37 heavy (non-hydrogen) atoms. The largest absolute Gasteiger partial charge is 0.497 e. The molecule has 1 aliphatic rings. The molecule has 9 nitrogen and oxygen atoms in total. The molecule has 5 aromatic rings. The maximum atomic E-state index is 13.8. The summed E-state index contributed by atoms with van der Waals surface area (Å²) in [6.45, 7) is 1.97. The quantitative estimate of drug-likeness (QED) is 0.343. The van der Waals surface area contributed by atoms with Crippen LogP contribution in [0.1, 0.15) is 50.5 Å².